The molecule has 0 N–H and O–H groups in total. The zero-order chi connectivity index (χ0) is 4.12. The van der Waals surface area contributed by atoms with Gasteiger partial charge >= 0.3 is 0 Å². The van der Waals surface area contributed by atoms with Crippen molar-refractivity contribution in [2.24, 2.45) is 0 Å². The van der Waals surface area contributed by atoms with Gasteiger partial charge in [-0.15, -0.1) is 11.6 Å². The van der Waals surface area contributed by atoms with Crippen LogP contribution in [0.1, 0.15) is 19.3 Å². The van der Waals surface area contributed by atoms with Crippen molar-refractivity contribution < 1.29 is 0 Å². The summed E-state index contributed by atoms with van der Waals surface area (Å²) in [7, 11) is 0. The van der Waals surface area contributed by atoms with E-state index in [2.05, 4.69) is 11.6 Å². The molecular formula is C4H9Cl. The highest BCUT2D eigenvalue weighted by molar-refractivity contribution is 6.15. The Morgan fingerprint density at radius 1 is 1.00 bits per heavy atom. The fourth-order valence-corrected chi connectivity index (χ4v) is 0. The highest BCUT2D eigenvalue weighted by Crippen LogP contribution is 2.14. The van der Waals surface area contributed by atoms with Gasteiger partial charge in [-0.1, -0.05) is 19.3 Å². The zero-order valence-electron chi connectivity index (χ0n) is 3.50. The van der Waals surface area contributed by atoms with Gasteiger partial charge in [0.25, 0.3) is 0 Å². The summed E-state index contributed by atoms with van der Waals surface area (Å²) in [5.41, 5.74) is 0. The molecule has 0 aromatic heterocycles. The van der Waals surface area contributed by atoms with E-state index < -0.39 is 0 Å². The monoisotopic (exact) mass is 92.0 g/mol. The third-order valence-corrected chi connectivity index (χ3v) is 0.354. The van der Waals surface area contributed by atoms with Crippen LogP contribution in [-0.4, -0.2) is 6.38 Å². The van der Waals surface area contributed by atoms with Crippen molar-refractivity contribution in [3.63, 3.8) is 0 Å². The smallest absolute Gasteiger partial charge is 0.0108 e. The summed E-state index contributed by atoms with van der Waals surface area (Å²) in [6, 6.07) is 0. The molecule has 5 heavy (non-hydrogen) atoms. The molecule has 0 aliphatic heterocycles. The van der Waals surface area contributed by atoms with Crippen LogP contribution in [0.4, 0.5) is 0 Å². The van der Waals surface area contributed by atoms with Gasteiger partial charge in [-0.2, -0.15) is 0 Å². The van der Waals surface area contributed by atoms with Crippen molar-refractivity contribution in [3.8, 4) is 0 Å². The molecule has 0 radical (unpaired) electrons. The first-order chi connectivity index (χ1) is 2.50. The number of halogens is 1. The van der Waals surface area contributed by atoms with Crippen LogP contribution in [0.2, 0.25) is 0 Å². The van der Waals surface area contributed by atoms with Crippen molar-refractivity contribution in [2.75, 3.05) is 6.38 Å². The Morgan fingerprint density at radius 3 is 1.20 bits per heavy atom. The molecule has 1 saturated carbocycles. The molecule has 0 saturated heterocycles. The predicted molar refractivity (Wildman–Crippen MR) is 25.6 cm³/mol. The Hall–Kier alpha value is 0.290. The molecule has 0 unspecified atom stereocenters. The van der Waals surface area contributed by atoms with Gasteiger partial charge in [-0.25, -0.2) is 0 Å². The maximum absolute atomic E-state index is 4.64. The first kappa shape index (κ1) is 5.29. The molecule has 0 nitrogen and oxygen atoms in total. The molecular weight excluding hydrogens is 83.5 g/mol. The van der Waals surface area contributed by atoms with E-state index in [4.69, 9.17) is 0 Å². The van der Waals surface area contributed by atoms with E-state index in [0.29, 0.717) is 0 Å². The maximum atomic E-state index is 4.64. The second-order valence-corrected chi connectivity index (χ2v) is 1.06. The van der Waals surface area contributed by atoms with E-state index in [1.807, 2.05) is 0 Å². The Morgan fingerprint density at radius 2 is 1.20 bits per heavy atom. The molecule has 0 atom stereocenters. The number of rotatable bonds is 0. The first-order valence-electron chi connectivity index (χ1n) is 1.88. The quantitative estimate of drug-likeness (QED) is 0.401. The molecule has 1 heteroatoms. The number of alkyl halides is 1. The van der Waals surface area contributed by atoms with E-state index in [1.165, 1.54) is 25.6 Å². The lowest BCUT2D eigenvalue weighted by molar-refractivity contribution is 1.50. The average Bonchev–Trinajstić information content (AvgIpc) is 2.19. The van der Waals surface area contributed by atoms with Crippen LogP contribution in [0.25, 0.3) is 0 Å². The summed E-state index contributed by atoms with van der Waals surface area (Å²) in [5, 5.41) is 0. The van der Waals surface area contributed by atoms with E-state index in [1.54, 1.807) is 0 Å². The fourth-order valence-electron chi connectivity index (χ4n) is 0. The first-order valence-corrected chi connectivity index (χ1v) is 2.63. The Balaban J connectivity index is 0.0000000733. The maximum Gasteiger partial charge on any atom is 0.0108 e. The predicted octanol–water partition coefficient (Wildman–Crippen LogP) is 2.03. The number of hydrogen-bond acceptors (Lipinski definition) is 0. The largest absolute Gasteiger partial charge is 0.130 e. The molecule has 1 aliphatic rings. The average molecular weight is 92.6 g/mol. The lowest BCUT2D eigenvalue weighted by Crippen LogP contribution is -0.856. The van der Waals surface area contributed by atoms with Crippen molar-refractivity contribution in [2.45, 2.75) is 19.3 Å². The van der Waals surface area contributed by atoms with E-state index in [0.717, 1.165) is 0 Å². The van der Waals surface area contributed by atoms with Gasteiger partial charge in [0.05, 0.1) is 0 Å². The third kappa shape index (κ3) is 13.5. The SMILES string of the molecule is C1CC1.CCl. The van der Waals surface area contributed by atoms with Gasteiger partial charge in [-0.3, -0.25) is 0 Å². The highest BCUT2D eigenvalue weighted by atomic mass is 35.5. The molecule has 32 valence electrons. The fraction of sp³-hybridized carbons (Fsp3) is 1.00. The number of hydrogen-bond donors (Lipinski definition) is 0. The zero-order valence-corrected chi connectivity index (χ0v) is 4.26. The molecule has 0 bridgehead atoms. The minimum absolute atomic E-state index is 1.47. The third-order valence-electron chi connectivity index (χ3n) is 0.354. The molecule has 0 spiro atoms. The summed E-state index contributed by atoms with van der Waals surface area (Å²) in [4.78, 5) is 0. The van der Waals surface area contributed by atoms with Crippen molar-refractivity contribution in [1.29, 1.82) is 0 Å². The molecule has 0 amide bonds. The lowest BCUT2D eigenvalue weighted by atomic mass is 11.0. The van der Waals surface area contributed by atoms with Crippen molar-refractivity contribution >= 4 is 11.6 Å². The van der Waals surface area contributed by atoms with Gasteiger partial charge in [-0.05, 0) is 0 Å². The van der Waals surface area contributed by atoms with Gasteiger partial charge in [0.1, 0.15) is 0 Å². The molecule has 0 aromatic carbocycles. The summed E-state index contributed by atoms with van der Waals surface area (Å²) in [6.07, 6.45) is 5.97. The minimum atomic E-state index is 1.47. The summed E-state index contributed by atoms with van der Waals surface area (Å²) < 4.78 is 0. The Labute approximate surface area is 38.1 Å². The topological polar surface area (TPSA) is 0 Å². The van der Waals surface area contributed by atoms with E-state index in [9.17, 15) is 0 Å². The minimum Gasteiger partial charge on any atom is -0.130 e. The lowest BCUT2D eigenvalue weighted by Gasteiger charge is -1.06. The summed E-state index contributed by atoms with van der Waals surface area (Å²) in [5.74, 6) is 0. The second kappa shape index (κ2) is 4.29. The van der Waals surface area contributed by atoms with E-state index >= 15 is 0 Å². The Kier molecular flexibility index (Phi) is 4.54. The van der Waals surface area contributed by atoms with Crippen LogP contribution in [-0.2, 0) is 0 Å². The molecule has 0 aromatic rings. The van der Waals surface area contributed by atoms with Gasteiger partial charge in [0.2, 0.25) is 0 Å². The van der Waals surface area contributed by atoms with Crippen LogP contribution in [0.5, 0.6) is 0 Å². The van der Waals surface area contributed by atoms with Gasteiger partial charge < -0.3 is 0 Å². The standard InChI is InChI=1S/C3H6.CH3Cl/c1-2-3-1;1-2/h1-3H2;1H3. The molecule has 1 rings (SSSR count). The van der Waals surface area contributed by atoms with Crippen LogP contribution in [0, 0.1) is 0 Å². The summed E-state index contributed by atoms with van der Waals surface area (Å²) >= 11 is 4.64. The molecule has 0 heterocycles. The molecule has 1 fully saturated rings. The van der Waals surface area contributed by atoms with Crippen molar-refractivity contribution in [3.05, 3.63) is 0 Å². The normalized spacial score (nSPS) is 15.6. The van der Waals surface area contributed by atoms with E-state index in [-0.39, 0.29) is 0 Å². The van der Waals surface area contributed by atoms with Gasteiger partial charge in [0.15, 0.2) is 0 Å². The van der Waals surface area contributed by atoms with Crippen LogP contribution < -0.4 is 0 Å². The molecule has 1 aliphatic carbocycles. The highest BCUT2D eigenvalue weighted by Gasteiger charge is 1.95. The second-order valence-electron chi connectivity index (χ2n) is 1.06. The van der Waals surface area contributed by atoms with Crippen LogP contribution >= 0.6 is 11.6 Å². The van der Waals surface area contributed by atoms with Gasteiger partial charge in [0, 0.05) is 6.38 Å². The summed E-state index contributed by atoms with van der Waals surface area (Å²) in [6.45, 7) is 0. The Bertz CT molecular complexity index is 8.36. The van der Waals surface area contributed by atoms with Crippen LogP contribution in [0.15, 0.2) is 0 Å². The van der Waals surface area contributed by atoms with Crippen molar-refractivity contribution in [1.82, 2.24) is 0 Å². The van der Waals surface area contributed by atoms with Crippen LogP contribution in [0.3, 0.4) is 0 Å².